The summed E-state index contributed by atoms with van der Waals surface area (Å²) in [5.74, 6) is 1.62. The molecule has 0 radical (unpaired) electrons. The maximum absolute atomic E-state index is 12.7. The molecule has 1 atom stereocenters. The maximum atomic E-state index is 12.7. The van der Waals surface area contributed by atoms with Crippen molar-refractivity contribution in [1.82, 2.24) is 14.7 Å². The summed E-state index contributed by atoms with van der Waals surface area (Å²) in [7, 11) is 0. The average Bonchev–Trinajstić information content (AvgIpc) is 3.29. The lowest BCUT2D eigenvalue weighted by Crippen LogP contribution is -2.47. The summed E-state index contributed by atoms with van der Waals surface area (Å²) < 4.78 is 7.57. The molecule has 1 aromatic carbocycles. The zero-order valence-corrected chi connectivity index (χ0v) is 13.3. The van der Waals surface area contributed by atoms with Crippen molar-refractivity contribution in [1.29, 1.82) is 0 Å². The number of hydrogen-bond donors (Lipinski definition) is 0. The van der Waals surface area contributed by atoms with Gasteiger partial charge in [0.2, 0.25) is 0 Å². The summed E-state index contributed by atoms with van der Waals surface area (Å²) in [5.41, 5.74) is 1.49. The van der Waals surface area contributed by atoms with Crippen LogP contribution < -0.4 is 4.74 Å². The van der Waals surface area contributed by atoms with Gasteiger partial charge in [-0.2, -0.15) is 5.10 Å². The van der Waals surface area contributed by atoms with Gasteiger partial charge in [-0.3, -0.25) is 9.48 Å². The third-order valence-corrected chi connectivity index (χ3v) is 4.56. The first-order valence-electron chi connectivity index (χ1n) is 8.26. The fourth-order valence-electron chi connectivity index (χ4n) is 3.06. The number of benzene rings is 1. The van der Waals surface area contributed by atoms with Gasteiger partial charge < -0.3 is 9.64 Å². The quantitative estimate of drug-likeness (QED) is 0.853. The molecular weight excluding hydrogens is 290 g/mol. The molecule has 1 aliphatic carbocycles. The summed E-state index contributed by atoms with van der Waals surface area (Å²) in [6, 6.07) is 11.7. The summed E-state index contributed by atoms with van der Waals surface area (Å²) in [6.45, 7) is 4.14. The predicted octanol–water partition coefficient (Wildman–Crippen LogP) is 2.72. The molecule has 0 spiro atoms. The van der Waals surface area contributed by atoms with Crippen molar-refractivity contribution in [3.05, 3.63) is 47.8 Å². The van der Waals surface area contributed by atoms with Gasteiger partial charge in [0, 0.05) is 12.6 Å². The second kappa shape index (κ2) is 5.72. The number of carbonyl (C=O) groups is 1. The zero-order valence-electron chi connectivity index (χ0n) is 13.3. The van der Waals surface area contributed by atoms with Gasteiger partial charge in [-0.25, -0.2) is 0 Å². The van der Waals surface area contributed by atoms with Crippen LogP contribution in [0.3, 0.4) is 0 Å². The van der Waals surface area contributed by atoms with Crippen molar-refractivity contribution in [2.24, 2.45) is 5.92 Å². The maximum Gasteiger partial charge on any atom is 0.272 e. The number of nitrogens with zero attached hydrogens (tertiary/aromatic N) is 3. The second-order valence-corrected chi connectivity index (χ2v) is 6.55. The smallest absolute Gasteiger partial charge is 0.272 e. The Bertz CT molecular complexity index is 706. The molecule has 2 aliphatic rings. The molecule has 1 aliphatic heterocycles. The molecule has 1 saturated carbocycles. The predicted molar refractivity (Wildman–Crippen MR) is 86.2 cm³/mol. The highest BCUT2D eigenvalue weighted by atomic mass is 16.5. The molecule has 2 aromatic rings. The van der Waals surface area contributed by atoms with E-state index in [2.05, 4.69) is 12.0 Å². The molecule has 23 heavy (non-hydrogen) atoms. The molecule has 120 valence electrons. The summed E-state index contributed by atoms with van der Waals surface area (Å²) >= 11 is 0. The number of aromatic nitrogens is 2. The molecule has 1 aromatic heterocycles. The minimum absolute atomic E-state index is 0.106. The van der Waals surface area contributed by atoms with Crippen molar-refractivity contribution >= 4 is 5.91 Å². The molecule has 1 fully saturated rings. The van der Waals surface area contributed by atoms with Crippen LogP contribution in [0.25, 0.3) is 0 Å². The highest BCUT2D eigenvalue weighted by molar-refractivity contribution is 5.93. The minimum Gasteiger partial charge on any atom is -0.487 e. The standard InChI is InChI=1S/C18H21N3O2/c1-13-10-21-17(18(22)20(13)11-14-7-8-14)9-15(19-21)12-23-16-5-3-2-4-6-16/h2-6,9,13-14H,7-8,10-12H2,1H3/t13-/m1/s1. The Hall–Kier alpha value is -2.30. The van der Waals surface area contributed by atoms with Crippen molar-refractivity contribution in [3.63, 3.8) is 0 Å². The van der Waals surface area contributed by atoms with Crippen LogP contribution in [0, 0.1) is 5.92 Å². The lowest BCUT2D eigenvalue weighted by atomic mass is 10.1. The highest BCUT2D eigenvalue weighted by Gasteiger charge is 2.35. The second-order valence-electron chi connectivity index (χ2n) is 6.55. The van der Waals surface area contributed by atoms with Crippen LogP contribution in [0.5, 0.6) is 5.75 Å². The van der Waals surface area contributed by atoms with Crippen LogP contribution in [0.4, 0.5) is 0 Å². The molecule has 5 nitrogen and oxygen atoms in total. The van der Waals surface area contributed by atoms with Gasteiger partial charge in [-0.05, 0) is 43.9 Å². The number of carbonyl (C=O) groups excluding carboxylic acids is 1. The normalized spacial score (nSPS) is 20.5. The van der Waals surface area contributed by atoms with Gasteiger partial charge in [0.05, 0.1) is 6.54 Å². The fourth-order valence-corrected chi connectivity index (χ4v) is 3.06. The van der Waals surface area contributed by atoms with E-state index in [4.69, 9.17) is 4.74 Å². The Labute approximate surface area is 135 Å². The molecule has 4 rings (SSSR count). The number of fused-ring (bicyclic) bond motifs is 1. The number of hydrogen-bond acceptors (Lipinski definition) is 3. The van der Waals surface area contributed by atoms with Gasteiger partial charge in [0.1, 0.15) is 23.7 Å². The van der Waals surface area contributed by atoms with Crippen molar-refractivity contribution in [2.75, 3.05) is 6.54 Å². The Balaban J connectivity index is 1.48. The van der Waals surface area contributed by atoms with Crippen molar-refractivity contribution in [3.8, 4) is 5.75 Å². The van der Waals surface area contributed by atoms with E-state index < -0.39 is 0 Å². The van der Waals surface area contributed by atoms with Gasteiger partial charge in [0.15, 0.2) is 0 Å². The minimum atomic E-state index is 0.106. The summed E-state index contributed by atoms with van der Waals surface area (Å²) in [4.78, 5) is 14.7. The first-order valence-corrected chi connectivity index (χ1v) is 8.26. The van der Waals surface area contributed by atoms with Crippen LogP contribution in [0.2, 0.25) is 0 Å². The van der Waals surface area contributed by atoms with Crippen LogP contribution in [0.1, 0.15) is 35.9 Å². The van der Waals surface area contributed by atoms with E-state index in [9.17, 15) is 4.79 Å². The number of rotatable bonds is 5. The van der Waals surface area contributed by atoms with Crippen LogP contribution >= 0.6 is 0 Å². The molecule has 0 unspecified atom stereocenters. The van der Waals surface area contributed by atoms with Crippen LogP contribution in [0.15, 0.2) is 36.4 Å². The summed E-state index contributed by atoms with van der Waals surface area (Å²) in [5, 5.41) is 4.54. The van der Waals surface area contributed by atoms with E-state index in [1.807, 2.05) is 46.0 Å². The number of amides is 1. The SMILES string of the molecule is C[C@@H]1Cn2nc(COc3ccccc3)cc2C(=O)N1CC1CC1. The largest absolute Gasteiger partial charge is 0.487 e. The zero-order chi connectivity index (χ0) is 15.8. The van der Waals surface area contributed by atoms with Gasteiger partial charge in [-0.15, -0.1) is 0 Å². The third kappa shape index (κ3) is 2.96. The van der Waals surface area contributed by atoms with Gasteiger partial charge >= 0.3 is 0 Å². The Morgan fingerprint density at radius 1 is 1.26 bits per heavy atom. The molecule has 0 saturated heterocycles. The Morgan fingerprint density at radius 2 is 2.04 bits per heavy atom. The van der Waals surface area contributed by atoms with Crippen LogP contribution in [-0.4, -0.2) is 33.2 Å². The van der Waals surface area contributed by atoms with Crippen LogP contribution in [-0.2, 0) is 13.2 Å². The lowest BCUT2D eigenvalue weighted by Gasteiger charge is -2.33. The molecule has 0 bridgehead atoms. The molecule has 2 heterocycles. The van der Waals surface area contributed by atoms with E-state index >= 15 is 0 Å². The molecule has 5 heteroatoms. The number of para-hydroxylation sites is 1. The lowest BCUT2D eigenvalue weighted by molar-refractivity contribution is 0.0592. The van der Waals surface area contributed by atoms with E-state index in [0.29, 0.717) is 18.2 Å². The molecule has 0 N–H and O–H groups in total. The van der Waals surface area contributed by atoms with E-state index in [0.717, 1.165) is 24.5 Å². The first-order chi connectivity index (χ1) is 11.2. The van der Waals surface area contributed by atoms with Crippen molar-refractivity contribution < 1.29 is 9.53 Å². The summed E-state index contributed by atoms with van der Waals surface area (Å²) in [6.07, 6.45) is 2.51. The van der Waals surface area contributed by atoms with Gasteiger partial charge in [0.25, 0.3) is 5.91 Å². The molecular formula is C18H21N3O2. The molecule has 1 amide bonds. The third-order valence-electron chi connectivity index (χ3n) is 4.56. The van der Waals surface area contributed by atoms with E-state index in [1.165, 1.54) is 12.8 Å². The average molecular weight is 311 g/mol. The first kappa shape index (κ1) is 14.3. The monoisotopic (exact) mass is 311 g/mol. The van der Waals surface area contributed by atoms with E-state index in [1.54, 1.807) is 0 Å². The fraction of sp³-hybridized carbons (Fsp3) is 0.444. The van der Waals surface area contributed by atoms with E-state index in [-0.39, 0.29) is 11.9 Å². The Kier molecular flexibility index (Phi) is 3.56. The topological polar surface area (TPSA) is 47.4 Å². The Morgan fingerprint density at radius 3 is 2.78 bits per heavy atom. The van der Waals surface area contributed by atoms with Crippen molar-refractivity contribution in [2.45, 2.75) is 39.0 Å². The number of ether oxygens (including phenoxy) is 1. The van der Waals surface area contributed by atoms with Gasteiger partial charge in [-0.1, -0.05) is 18.2 Å². The highest BCUT2D eigenvalue weighted by Crippen LogP contribution is 2.32.